The number of aliphatic hydroxyl groups excluding tert-OH is 1. The molecule has 0 aromatic rings. The zero-order valence-corrected chi connectivity index (χ0v) is 24.7. The second-order valence-electron chi connectivity index (χ2n) is 10.2. The van der Waals surface area contributed by atoms with Crippen molar-refractivity contribution in [3.8, 4) is 24.7 Å². The molecular formula is C29H48Cl2O6. The second-order valence-corrected chi connectivity index (χ2v) is 11.0. The fourth-order valence-corrected chi connectivity index (χ4v) is 4.80. The van der Waals surface area contributed by atoms with Gasteiger partial charge < -0.3 is 28.8 Å². The molecule has 37 heavy (non-hydrogen) atoms. The third-order valence-corrected chi connectivity index (χ3v) is 7.04. The first-order chi connectivity index (χ1) is 16.7. The van der Waals surface area contributed by atoms with Crippen molar-refractivity contribution in [2.45, 2.75) is 137 Å². The van der Waals surface area contributed by atoms with Crippen molar-refractivity contribution in [1.29, 1.82) is 0 Å². The summed E-state index contributed by atoms with van der Waals surface area (Å²) in [7, 11) is 0. The van der Waals surface area contributed by atoms with Gasteiger partial charge in [-0.05, 0) is 60.0 Å². The summed E-state index contributed by atoms with van der Waals surface area (Å²) in [5.41, 5.74) is 1.05. The maximum absolute atomic E-state index is 9.73. The predicted octanol–water partition coefficient (Wildman–Crippen LogP) is 6.26. The molecular weight excluding hydrogens is 515 g/mol. The molecule has 3 rings (SSSR count). The molecule has 8 atom stereocenters. The molecule has 0 amide bonds. The van der Waals surface area contributed by atoms with Crippen LogP contribution in [0.4, 0.5) is 0 Å². The molecule has 3 heterocycles. The normalized spacial score (nSPS) is 36.2. The Morgan fingerprint density at radius 2 is 1.57 bits per heavy atom. The number of fused-ring (bicyclic) bond motifs is 1. The topological polar surface area (TPSA) is 66.4 Å². The fourth-order valence-electron chi connectivity index (χ4n) is 4.80. The average molecular weight is 564 g/mol. The van der Waals surface area contributed by atoms with E-state index in [0.717, 1.165) is 18.4 Å². The molecule has 3 aliphatic rings. The van der Waals surface area contributed by atoms with Crippen LogP contribution in [0.5, 0.6) is 0 Å². The smallest absolute Gasteiger partial charge is 0.164 e. The molecule has 2 unspecified atom stereocenters. The zero-order chi connectivity index (χ0) is 27.9. The second kappa shape index (κ2) is 15.1. The summed E-state index contributed by atoms with van der Waals surface area (Å²) in [5.74, 6) is 3.71. The van der Waals surface area contributed by atoms with E-state index in [9.17, 15) is 5.11 Å². The molecule has 3 saturated heterocycles. The lowest BCUT2D eigenvalue weighted by Gasteiger charge is -2.47. The van der Waals surface area contributed by atoms with Gasteiger partial charge in [0.1, 0.15) is 30.5 Å². The zero-order valence-electron chi connectivity index (χ0n) is 23.1. The predicted molar refractivity (Wildman–Crippen MR) is 151 cm³/mol. The summed E-state index contributed by atoms with van der Waals surface area (Å²) in [6.45, 7) is 17.9. The first kappa shape index (κ1) is 36.2. The minimum Gasteiger partial charge on any atom is -0.378 e. The van der Waals surface area contributed by atoms with Gasteiger partial charge in [-0.15, -0.1) is 36.0 Å². The van der Waals surface area contributed by atoms with E-state index in [1.165, 1.54) is 0 Å². The van der Waals surface area contributed by atoms with Gasteiger partial charge in [-0.25, -0.2) is 0 Å². The van der Waals surface area contributed by atoms with Crippen LogP contribution in [0.1, 0.15) is 82.6 Å². The van der Waals surface area contributed by atoms with Crippen LogP contribution in [0.3, 0.4) is 0 Å². The Balaban J connectivity index is 0.000000619. The number of ether oxygens (including phenoxy) is 5. The number of hydrogen-bond donors (Lipinski definition) is 1. The lowest BCUT2D eigenvalue weighted by atomic mass is 9.72. The van der Waals surface area contributed by atoms with Gasteiger partial charge in [0.25, 0.3) is 0 Å². The van der Waals surface area contributed by atoms with Crippen molar-refractivity contribution in [3.63, 3.8) is 0 Å². The van der Waals surface area contributed by atoms with E-state index in [0.29, 0.717) is 0 Å². The maximum atomic E-state index is 9.73. The molecule has 0 spiro atoms. The van der Waals surface area contributed by atoms with Crippen molar-refractivity contribution in [1.82, 2.24) is 0 Å². The summed E-state index contributed by atoms with van der Waals surface area (Å²) < 4.78 is 29.3. The van der Waals surface area contributed by atoms with Gasteiger partial charge in [0.15, 0.2) is 11.6 Å². The van der Waals surface area contributed by atoms with E-state index in [1.54, 1.807) is 0 Å². The van der Waals surface area contributed by atoms with Crippen molar-refractivity contribution in [2.75, 3.05) is 5.34 Å². The molecule has 1 N–H and O–H groups in total. The van der Waals surface area contributed by atoms with Crippen LogP contribution in [0.15, 0.2) is 11.6 Å². The molecule has 6 nitrogen and oxygen atoms in total. The van der Waals surface area contributed by atoms with Crippen molar-refractivity contribution >= 4 is 23.2 Å². The van der Waals surface area contributed by atoms with E-state index >= 15 is 0 Å². The highest BCUT2D eigenvalue weighted by atomic mass is 35.5. The van der Waals surface area contributed by atoms with Crippen LogP contribution in [0.2, 0.25) is 0 Å². The third kappa shape index (κ3) is 8.85. The molecule has 0 saturated carbocycles. The maximum Gasteiger partial charge on any atom is 0.164 e. The quantitative estimate of drug-likeness (QED) is 0.248. The van der Waals surface area contributed by atoms with E-state index in [-0.39, 0.29) is 48.7 Å². The van der Waals surface area contributed by atoms with Crippen molar-refractivity contribution in [2.24, 2.45) is 5.41 Å². The van der Waals surface area contributed by atoms with Gasteiger partial charge in [0.2, 0.25) is 0 Å². The molecule has 3 aliphatic heterocycles. The Hall–Kier alpha value is -0.800. The lowest BCUT2D eigenvalue weighted by Crippen LogP contribution is -2.57. The monoisotopic (exact) mass is 562 g/mol. The Bertz CT molecular complexity index is 814. The van der Waals surface area contributed by atoms with E-state index in [2.05, 4.69) is 32.6 Å². The van der Waals surface area contributed by atoms with Crippen LogP contribution in [0, 0.1) is 30.1 Å². The SMILES string of the molecule is C.C#C[C@@H]1OC(C)C(C)(CC)[C@H]2OC(C)(C)O[C@@H]12.C#C[C@H](O)[C@@H]1OC(C)(C)O[C@@H]1C(=CC)CC.ClCCl. The summed E-state index contributed by atoms with van der Waals surface area (Å²) in [4.78, 5) is 0. The van der Waals surface area contributed by atoms with Gasteiger partial charge >= 0.3 is 0 Å². The standard InChI is InChI=1S/C14H22O3.C13H20O3.CH2Cl2.CH4/c1-7-10-11-12(17-13(4,5)16-11)14(6,8-2)9(3)15-10;1-6-9(7-2)11-12(10(14)8-3)16-13(4,5)15-11;2-1-3;/h1,9-12H,8H2,2-6H3;3,6,10-12,14H,7H2,1-2,4-5H3;1H2;1H4/t9?,10-,11-,12-,14?;10-,11+,12-;;/m00../s1. The van der Waals surface area contributed by atoms with E-state index in [1.807, 2.05) is 47.6 Å². The Labute approximate surface area is 235 Å². The highest BCUT2D eigenvalue weighted by Crippen LogP contribution is 2.48. The summed E-state index contributed by atoms with van der Waals surface area (Å²) in [6.07, 6.45) is 12.5. The molecule has 3 fully saturated rings. The molecule has 0 aromatic heterocycles. The van der Waals surface area contributed by atoms with Crippen LogP contribution in [0.25, 0.3) is 0 Å². The van der Waals surface area contributed by atoms with Gasteiger partial charge in [-0.1, -0.05) is 46.1 Å². The average Bonchev–Trinajstić information content (AvgIpc) is 3.33. The van der Waals surface area contributed by atoms with Gasteiger partial charge in [-0.2, -0.15) is 0 Å². The van der Waals surface area contributed by atoms with Crippen LogP contribution in [-0.2, 0) is 23.7 Å². The van der Waals surface area contributed by atoms with Crippen molar-refractivity contribution < 1.29 is 28.8 Å². The van der Waals surface area contributed by atoms with Crippen LogP contribution >= 0.6 is 23.2 Å². The Morgan fingerprint density at radius 3 is 2.00 bits per heavy atom. The van der Waals surface area contributed by atoms with Crippen molar-refractivity contribution in [3.05, 3.63) is 11.6 Å². The first-order valence-electron chi connectivity index (χ1n) is 12.4. The summed E-state index contributed by atoms with van der Waals surface area (Å²) >= 11 is 9.53. The van der Waals surface area contributed by atoms with Gasteiger partial charge in [0, 0.05) is 5.41 Å². The largest absolute Gasteiger partial charge is 0.378 e. The number of halogens is 2. The van der Waals surface area contributed by atoms with E-state index in [4.69, 9.17) is 59.7 Å². The molecule has 0 aromatic carbocycles. The highest BCUT2D eigenvalue weighted by molar-refractivity contribution is 6.40. The summed E-state index contributed by atoms with van der Waals surface area (Å²) in [6, 6.07) is 0. The minimum atomic E-state index is -0.937. The number of aliphatic hydroxyl groups is 1. The lowest BCUT2D eigenvalue weighted by molar-refractivity contribution is -0.178. The van der Waals surface area contributed by atoms with Gasteiger partial charge in [0.05, 0.1) is 17.5 Å². The van der Waals surface area contributed by atoms with Crippen LogP contribution < -0.4 is 0 Å². The minimum absolute atomic E-state index is 0. The molecule has 8 heteroatoms. The number of alkyl halides is 2. The first-order valence-corrected chi connectivity index (χ1v) is 13.5. The number of terminal acetylenes is 2. The Morgan fingerprint density at radius 1 is 1.03 bits per heavy atom. The van der Waals surface area contributed by atoms with Crippen LogP contribution in [-0.4, -0.2) is 64.7 Å². The Kier molecular flexibility index (Phi) is 14.8. The number of rotatable bonds is 4. The third-order valence-electron chi connectivity index (χ3n) is 7.04. The number of allylic oxidation sites excluding steroid dienone is 1. The molecule has 0 radical (unpaired) electrons. The molecule has 0 bridgehead atoms. The number of hydrogen-bond acceptors (Lipinski definition) is 6. The highest BCUT2D eigenvalue weighted by Gasteiger charge is 2.58. The molecule has 214 valence electrons. The summed E-state index contributed by atoms with van der Waals surface area (Å²) in [5, 5.41) is 9.93. The fraction of sp³-hybridized carbons (Fsp3) is 0.793. The van der Waals surface area contributed by atoms with Gasteiger partial charge in [-0.3, -0.25) is 0 Å². The van der Waals surface area contributed by atoms with E-state index < -0.39 is 23.8 Å². The molecule has 0 aliphatic carbocycles.